The Hall–Kier alpha value is -4.84. The van der Waals surface area contributed by atoms with Gasteiger partial charge in [-0.1, -0.05) is 30.3 Å². The molecule has 12 heteroatoms. The van der Waals surface area contributed by atoms with E-state index in [1.54, 1.807) is 18.5 Å². The molecule has 0 bridgehead atoms. The number of hydrogen-bond donors (Lipinski definition) is 4. The van der Waals surface area contributed by atoms with Crippen molar-refractivity contribution in [1.82, 2.24) is 24.7 Å². The van der Waals surface area contributed by atoms with Crippen LogP contribution in [0, 0.1) is 12.3 Å². The number of nitrogens with one attached hydrogen (secondary N) is 2. The van der Waals surface area contributed by atoms with E-state index in [0.29, 0.717) is 24.4 Å². The van der Waals surface area contributed by atoms with E-state index in [2.05, 4.69) is 26.1 Å². The van der Waals surface area contributed by atoms with Gasteiger partial charge in [-0.15, -0.1) is 9.78 Å². The van der Waals surface area contributed by atoms with Crippen LogP contribution in [0.15, 0.2) is 59.7 Å². The van der Waals surface area contributed by atoms with Crippen molar-refractivity contribution in [2.24, 2.45) is 5.73 Å². The van der Waals surface area contributed by atoms with Crippen LogP contribution in [-0.2, 0) is 22.6 Å². The van der Waals surface area contributed by atoms with Gasteiger partial charge in [0.25, 0.3) is 11.9 Å². The number of hydrogen-bond acceptors (Lipinski definition) is 8. The summed E-state index contributed by atoms with van der Waals surface area (Å²) >= 11 is 0. The molecule has 196 valence electrons. The summed E-state index contributed by atoms with van der Waals surface area (Å²) in [5, 5.41) is 19.6. The molecule has 1 atom stereocenters. The maximum Gasteiger partial charge on any atom is 0.350 e. The number of aliphatic carboxylic acids is 1. The zero-order valence-electron chi connectivity index (χ0n) is 20.8. The Labute approximate surface area is 217 Å². The summed E-state index contributed by atoms with van der Waals surface area (Å²) in [6.07, 6.45) is 3.68. The van der Waals surface area contributed by atoms with E-state index < -0.39 is 11.7 Å². The molecule has 1 aliphatic heterocycles. The predicted octanol–water partition coefficient (Wildman–Crippen LogP) is 2.28. The molecule has 1 unspecified atom stereocenters. The number of ether oxygens (including phenoxy) is 2. The number of aromatic nitrogens is 5. The minimum Gasteiger partial charge on any atom is -0.481 e. The molecule has 12 nitrogen and oxygen atoms in total. The van der Waals surface area contributed by atoms with Crippen LogP contribution >= 0.6 is 0 Å². The first-order chi connectivity index (χ1) is 18.2. The maximum absolute atomic E-state index is 12.7. The molecule has 5 N–H and O–H groups in total. The summed E-state index contributed by atoms with van der Waals surface area (Å²) in [7, 11) is 0. The molecule has 1 aliphatic rings. The monoisotopic (exact) mass is 517 g/mol. The Morgan fingerprint density at radius 3 is 2.58 bits per heavy atom. The van der Waals surface area contributed by atoms with E-state index in [0.717, 1.165) is 34.9 Å². The number of aromatic amines is 1. The van der Waals surface area contributed by atoms with Crippen molar-refractivity contribution in [2.75, 3.05) is 6.79 Å². The van der Waals surface area contributed by atoms with Gasteiger partial charge < -0.3 is 20.3 Å². The average Bonchev–Trinajstić information content (AvgIpc) is 3.29. The molecule has 0 saturated carbocycles. The van der Waals surface area contributed by atoms with Gasteiger partial charge >= 0.3 is 5.69 Å². The molecule has 0 fully saturated rings. The minimum atomic E-state index is -0.833. The van der Waals surface area contributed by atoms with E-state index in [-0.39, 0.29) is 24.5 Å². The number of nitrogens with two attached hydrogens (primary N) is 1. The van der Waals surface area contributed by atoms with E-state index in [4.69, 9.17) is 30.5 Å². The van der Waals surface area contributed by atoms with E-state index in [1.807, 2.05) is 37.3 Å². The number of fused-ring (bicyclic) bond motifs is 1. The normalized spacial score (nSPS) is 12.9. The second-order valence-electron chi connectivity index (χ2n) is 8.60. The van der Waals surface area contributed by atoms with Gasteiger partial charge in [0.15, 0.2) is 6.79 Å². The van der Waals surface area contributed by atoms with Crippen LogP contribution in [0.1, 0.15) is 46.5 Å². The molecule has 0 spiro atoms. The lowest BCUT2D eigenvalue weighted by atomic mass is 9.88. The predicted molar refractivity (Wildman–Crippen MR) is 138 cm³/mol. The molecule has 0 aliphatic carbocycles. The number of carbonyl (C=O) groups is 1. The molecule has 5 rings (SSSR count). The first-order valence-electron chi connectivity index (χ1n) is 11.7. The fraction of sp³-hybridized carbons (Fsp3) is 0.231. The van der Waals surface area contributed by atoms with Gasteiger partial charge in [-0.2, -0.15) is 0 Å². The lowest BCUT2D eigenvalue weighted by Crippen LogP contribution is -2.18. The molecule has 0 amide bonds. The van der Waals surface area contributed by atoms with Crippen molar-refractivity contribution >= 4 is 11.8 Å². The number of rotatable bonds is 6. The van der Waals surface area contributed by atoms with E-state index in [9.17, 15) is 4.79 Å². The number of benzene rings is 2. The zero-order valence-corrected chi connectivity index (χ0v) is 20.8. The van der Waals surface area contributed by atoms with Crippen LogP contribution in [0.5, 0.6) is 5.75 Å². The van der Waals surface area contributed by atoms with Crippen LogP contribution in [0.3, 0.4) is 0 Å². The summed E-state index contributed by atoms with van der Waals surface area (Å²) in [4.78, 5) is 32.9. The highest BCUT2D eigenvalue weighted by Gasteiger charge is 2.24. The summed E-state index contributed by atoms with van der Waals surface area (Å²) in [6.45, 7) is 3.76. The molecular formula is C26H27N7O5. The molecule has 0 radical (unpaired) electrons. The number of carboxylic acids is 1. The number of H-pyrrole nitrogens is 1. The molecule has 2 aromatic heterocycles. The summed E-state index contributed by atoms with van der Waals surface area (Å²) in [5.74, 6) is 0.426. The Balaban J connectivity index is 0.000000786. The highest BCUT2D eigenvalue weighted by Crippen LogP contribution is 2.34. The van der Waals surface area contributed by atoms with Crippen molar-refractivity contribution < 1.29 is 19.4 Å². The standard InChI is InChI=1S/C24H23N7O3.C2H4O2/c1-14-9-17(11-18-12-33-13-34-20(14)18)19(10-15-3-5-16(6-4-15)21(25)26)22-29-24(32)31(30-22)23-27-7-2-8-28-23;1-2(3)4/h2-9,11,19H,10,12-13H2,1H3,(H3,25,26)(H,29,30,32);1H3,(H,3,4). The van der Waals surface area contributed by atoms with Crippen molar-refractivity contribution in [1.29, 1.82) is 5.41 Å². The van der Waals surface area contributed by atoms with Gasteiger partial charge in [-0.25, -0.2) is 14.8 Å². The third-order valence-corrected chi connectivity index (χ3v) is 5.73. The Kier molecular flexibility index (Phi) is 7.92. The number of nitrogens with zero attached hydrogens (tertiary/aromatic N) is 4. The second kappa shape index (κ2) is 11.5. The van der Waals surface area contributed by atoms with Crippen LogP contribution < -0.4 is 16.2 Å². The van der Waals surface area contributed by atoms with Gasteiger partial charge in [0.1, 0.15) is 17.4 Å². The van der Waals surface area contributed by atoms with E-state index >= 15 is 0 Å². The topological polar surface area (TPSA) is 182 Å². The fourth-order valence-corrected chi connectivity index (χ4v) is 4.11. The number of aryl methyl sites for hydroxylation is 1. The summed E-state index contributed by atoms with van der Waals surface area (Å²) in [6, 6.07) is 13.2. The lowest BCUT2D eigenvalue weighted by Gasteiger charge is -2.23. The molecule has 4 aromatic rings. The van der Waals surface area contributed by atoms with Crippen molar-refractivity contribution in [3.63, 3.8) is 0 Å². The SMILES string of the molecule is CC(=O)O.Cc1cc(C(Cc2ccc(C(=N)N)cc2)c2nn(-c3ncccn3)c(=O)[nH]2)cc2c1OCOC2. The zero-order chi connectivity index (χ0) is 27.2. The van der Waals surface area contributed by atoms with Gasteiger partial charge in [-0.3, -0.25) is 15.2 Å². The maximum atomic E-state index is 12.7. The van der Waals surface area contributed by atoms with Gasteiger partial charge in [0, 0.05) is 36.4 Å². The minimum absolute atomic E-state index is 0.0133. The average molecular weight is 518 g/mol. The van der Waals surface area contributed by atoms with Gasteiger partial charge in [0.05, 0.1) is 6.61 Å². The smallest absolute Gasteiger partial charge is 0.350 e. The summed E-state index contributed by atoms with van der Waals surface area (Å²) in [5.41, 5.74) is 9.74. The molecule has 3 heterocycles. The third kappa shape index (κ3) is 6.10. The number of nitrogen functional groups attached to an aromatic ring is 1. The Bertz CT molecular complexity index is 1490. The van der Waals surface area contributed by atoms with Crippen molar-refractivity contribution in [3.05, 3.63) is 99.0 Å². The number of amidine groups is 1. The summed E-state index contributed by atoms with van der Waals surface area (Å²) < 4.78 is 12.3. The highest BCUT2D eigenvalue weighted by molar-refractivity contribution is 5.94. The van der Waals surface area contributed by atoms with Crippen LogP contribution in [0.25, 0.3) is 5.95 Å². The lowest BCUT2D eigenvalue weighted by molar-refractivity contribution is -0.134. The fourth-order valence-electron chi connectivity index (χ4n) is 4.11. The third-order valence-electron chi connectivity index (χ3n) is 5.73. The largest absolute Gasteiger partial charge is 0.481 e. The van der Waals surface area contributed by atoms with Crippen molar-refractivity contribution in [3.8, 4) is 11.7 Å². The molecule has 0 saturated heterocycles. The van der Waals surface area contributed by atoms with Crippen LogP contribution in [0.4, 0.5) is 0 Å². The van der Waals surface area contributed by atoms with Gasteiger partial charge in [-0.05, 0) is 42.2 Å². The molecule has 2 aromatic carbocycles. The van der Waals surface area contributed by atoms with Crippen LogP contribution in [0.2, 0.25) is 0 Å². The first-order valence-corrected chi connectivity index (χ1v) is 11.7. The van der Waals surface area contributed by atoms with Crippen LogP contribution in [-0.4, -0.2) is 48.4 Å². The quantitative estimate of drug-likeness (QED) is 0.220. The number of carboxylic acid groups (broad SMARTS) is 1. The van der Waals surface area contributed by atoms with Crippen molar-refractivity contribution in [2.45, 2.75) is 32.8 Å². The molecular weight excluding hydrogens is 490 g/mol. The first kappa shape index (κ1) is 26.2. The van der Waals surface area contributed by atoms with E-state index in [1.165, 1.54) is 4.68 Å². The molecule has 38 heavy (non-hydrogen) atoms. The Morgan fingerprint density at radius 2 is 1.92 bits per heavy atom. The second-order valence-corrected chi connectivity index (χ2v) is 8.60. The highest BCUT2D eigenvalue weighted by atomic mass is 16.7. The van der Waals surface area contributed by atoms with Gasteiger partial charge in [0.2, 0.25) is 0 Å². The Morgan fingerprint density at radius 1 is 1.24 bits per heavy atom.